The molecule has 1 aromatic heterocycles. The Balaban J connectivity index is 0.000000166. The molecule has 202 valence electrons. The summed E-state index contributed by atoms with van der Waals surface area (Å²) in [7, 11) is -0.424. The predicted octanol–water partition coefficient (Wildman–Crippen LogP) is 5.83. The van der Waals surface area contributed by atoms with Crippen molar-refractivity contribution >= 4 is 32.6 Å². The molecule has 0 aliphatic carbocycles. The summed E-state index contributed by atoms with van der Waals surface area (Å²) in [6.45, 7) is 2.59. The topological polar surface area (TPSA) is 17.8 Å². The monoisotopic (exact) mass is 548 g/mol. The molecule has 0 atom stereocenters. The molecule has 0 spiro atoms. The van der Waals surface area contributed by atoms with Crippen LogP contribution in [-0.2, 0) is 5.16 Å². The van der Waals surface area contributed by atoms with Gasteiger partial charge in [0.05, 0.1) is 21.0 Å². The molecule has 0 amide bonds. The van der Waals surface area contributed by atoms with Gasteiger partial charge in [-0.05, 0) is 11.1 Å². The second-order valence-corrected chi connectivity index (χ2v) is 12.6. The van der Waals surface area contributed by atoms with Gasteiger partial charge in [-0.3, -0.25) is 0 Å². The van der Waals surface area contributed by atoms with Crippen LogP contribution in [0.1, 0.15) is 24.5 Å². The lowest BCUT2D eigenvalue weighted by Crippen LogP contribution is -2.51. The molecule has 4 heteroatoms. The minimum atomic E-state index is -0.424. The molecule has 0 aliphatic heterocycles. The fourth-order valence-corrected chi connectivity index (χ4v) is 8.10. The van der Waals surface area contributed by atoms with Crippen molar-refractivity contribution in [3.05, 3.63) is 182 Å². The molecule has 0 radical (unpaired) electrons. The molecule has 0 N–H and O–H groups in total. The van der Waals surface area contributed by atoms with Gasteiger partial charge in [0.25, 0.3) is 0 Å². The first kappa shape index (κ1) is 28.1. The normalized spacial score (nSPS) is 11.1. The number of benzene rings is 5. The second-order valence-electron chi connectivity index (χ2n) is 10.3. The Labute approximate surface area is 247 Å². The summed E-state index contributed by atoms with van der Waals surface area (Å²) >= 11 is 0. The lowest BCUT2D eigenvalue weighted by Gasteiger charge is -2.36. The van der Waals surface area contributed by atoms with Gasteiger partial charge in [-0.2, -0.15) is 0 Å². The summed E-state index contributed by atoms with van der Waals surface area (Å²) in [5, 5.41) is -0.0466. The highest BCUT2D eigenvalue weighted by Crippen LogP contribution is 2.34. The van der Waals surface area contributed by atoms with E-state index in [4.69, 9.17) is 0 Å². The van der Waals surface area contributed by atoms with Crippen LogP contribution >= 0.6 is 0 Å². The van der Waals surface area contributed by atoms with Crippen LogP contribution in [0.4, 0.5) is 0 Å². The number of imidazole rings is 1. The largest absolute Gasteiger partial charge is 0.327 e. The van der Waals surface area contributed by atoms with Crippen LogP contribution < -0.4 is 16.4 Å². The van der Waals surface area contributed by atoms with E-state index in [1.54, 1.807) is 0 Å². The molecule has 1 heterocycles. The summed E-state index contributed by atoms with van der Waals surface area (Å²) in [6.07, 6.45) is 7.22. The van der Waals surface area contributed by atoms with Crippen LogP contribution in [0.25, 0.3) is 0 Å². The molecule has 2 nitrogen and oxygen atoms in total. The SMILES string of the molecule is CCC[SiH2]C(c1ccccc1)(c1ccccc1)n1ccnc1.c1ccc(B(c2ccccc2)c2ccccc2)cc1. The number of hydrogen-bond donors (Lipinski definition) is 0. The number of hydrogen-bond acceptors (Lipinski definition) is 1. The van der Waals surface area contributed by atoms with Crippen LogP contribution in [0.5, 0.6) is 0 Å². The molecule has 5 aromatic carbocycles. The van der Waals surface area contributed by atoms with Crippen molar-refractivity contribution in [2.75, 3.05) is 0 Å². The summed E-state index contributed by atoms with van der Waals surface area (Å²) in [6, 6.07) is 55.1. The van der Waals surface area contributed by atoms with Crippen molar-refractivity contribution in [1.82, 2.24) is 9.55 Å². The molecule has 0 unspecified atom stereocenters. The molecule has 0 bridgehead atoms. The third-order valence-electron chi connectivity index (χ3n) is 7.74. The Morgan fingerprint density at radius 3 is 1.32 bits per heavy atom. The minimum Gasteiger partial charge on any atom is -0.327 e. The standard InChI is InChI=1S/C19H22N2Si.C18H15B/c1-2-15-22-19(21-14-13-20-16-21,17-9-5-3-6-10-17)18-11-7-4-8-12-18;1-4-10-16(11-5-1)19(17-12-6-2-7-13-17)18-14-8-3-9-15-18/h3-14,16H,2,15,22H2,1H3;1-15H. The Morgan fingerprint density at radius 2 is 0.976 bits per heavy atom. The highest BCUT2D eigenvalue weighted by atomic mass is 28.2. The van der Waals surface area contributed by atoms with E-state index in [-0.39, 0.29) is 5.16 Å². The molecule has 0 saturated carbocycles. The first-order valence-electron chi connectivity index (χ1n) is 14.6. The van der Waals surface area contributed by atoms with E-state index in [1.165, 1.54) is 40.0 Å². The minimum absolute atomic E-state index is 0.0466. The lowest BCUT2D eigenvalue weighted by atomic mass is 9.37. The van der Waals surface area contributed by atoms with Gasteiger partial charge in [0.15, 0.2) is 0 Å². The smallest absolute Gasteiger partial charge is 0.241 e. The van der Waals surface area contributed by atoms with Gasteiger partial charge in [-0.25, -0.2) is 4.98 Å². The van der Waals surface area contributed by atoms with E-state index in [1.807, 2.05) is 12.5 Å². The van der Waals surface area contributed by atoms with E-state index in [9.17, 15) is 0 Å². The van der Waals surface area contributed by atoms with Crippen LogP contribution in [0.3, 0.4) is 0 Å². The molecule has 6 rings (SSSR count). The van der Waals surface area contributed by atoms with Gasteiger partial charge in [-0.1, -0.05) is 187 Å². The highest BCUT2D eigenvalue weighted by molar-refractivity contribution is 6.95. The van der Waals surface area contributed by atoms with Gasteiger partial charge in [-0.15, -0.1) is 0 Å². The lowest BCUT2D eigenvalue weighted by molar-refractivity contribution is 0.590. The fraction of sp³-hybridized carbons (Fsp3) is 0.108. The van der Waals surface area contributed by atoms with Crippen LogP contribution in [-0.4, -0.2) is 25.8 Å². The summed E-state index contributed by atoms with van der Waals surface area (Å²) in [5.74, 6) is 0. The summed E-state index contributed by atoms with van der Waals surface area (Å²) < 4.78 is 2.32. The van der Waals surface area contributed by atoms with Gasteiger partial charge in [0.2, 0.25) is 6.71 Å². The van der Waals surface area contributed by atoms with Crippen molar-refractivity contribution in [3.8, 4) is 0 Å². The van der Waals surface area contributed by atoms with Crippen molar-refractivity contribution in [3.63, 3.8) is 0 Å². The van der Waals surface area contributed by atoms with Gasteiger partial charge >= 0.3 is 0 Å². The molecule has 0 saturated heterocycles. The second kappa shape index (κ2) is 14.3. The Morgan fingerprint density at radius 1 is 0.585 bits per heavy atom. The quantitative estimate of drug-likeness (QED) is 0.208. The highest BCUT2D eigenvalue weighted by Gasteiger charge is 2.35. The van der Waals surface area contributed by atoms with E-state index < -0.39 is 9.52 Å². The van der Waals surface area contributed by atoms with E-state index in [0.29, 0.717) is 6.71 Å². The van der Waals surface area contributed by atoms with Crippen molar-refractivity contribution < 1.29 is 0 Å². The van der Waals surface area contributed by atoms with E-state index >= 15 is 0 Å². The molecule has 41 heavy (non-hydrogen) atoms. The average Bonchev–Trinajstić information content (AvgIpc) is 3.60. The zero-order valence-electron chi connectivity index (χ0n) is 23.8. The van der Waals surface area contributed by atoms with Gasteiger partial charge < -0.3 is 4.57 Å². The third-order valence-corrected chi connectivity index (χ3v) is 10.7. The van der Waals surface area contributed by atoms with Gasteiger partial charge in [0.1, 0.15) is 0 Å². The number of rotatable bonds is 9. The maximum atomic E-state index is 4.33. The molecule has 0 fully saturated rings. The molecular weight excluding hydrogens is 511 g/mol. The molecular formula is C37H37BN2Si. The first-order chi connectivity index (χ1) is 20.3. The fourth-order valence-electron chi connectivity index (χ4n) is 5.74. The summed E-state index contributed by atoms with van der Waals surface area (Å²) in [5.41, 5.74) is 6.75. The Hall–Kier alpha value is -4.41. The predicted molar refractivity (Wildman–Crippen MR) is 179 cm³/mol. The van der Waals surface area contributed by atoms with E-state index in [0.717, 1.165) is 0 Å². The zero-order chi connectivity index (χ0) is 28.2. The van der Waals surface area contributed by atoms with Crippen molar-refractivity contribution in [2.45, 2.75) is 24.6 Å². The van der Waals surface area contributed by atoms with Gasteiger partial charge in [0, 0.05) is 12.4 Å². The molecule has 6 aromatic rings. The third kappa shape index (κ3) is 6.67. The molecule has 0 aliphatic rings. The number of aromatic nitrogens is 2. The van der Waals surface area contributed by atoms with Crippen LogP contribution in [0.15, 0.2) is 170 Å². The first-order valence-corrected chi connectivity index (χ1v) is 16.3. The van der Waals surface area contributed by atoms with Crippen molar-refractivity contribution in [1.29, 1.82) is 0 Å². The maximum absolute atomic E-state index is 4.33. The van der Waals surface area contributed by atoms with E-state index in [2.05, 4.69) is 174 Å². The summed E-state index contributed by atoms with van der Waals surface area (Å²) in [4.78, 5) is 4.33. The van der Waals surface area contributed by atoms with Crippen molar-refractivity contribution in [2.24, 2.45) is 0 Å². The zero-order valence-corrected chi connectivity index (χ0v) is 25.2. The Kier molecular flexibility index (Phi) is 9.81. The average molecular weight is 549 g/mol. The number of nitrogens with zero attached hydrogens (tertiary/aromatic N) is 2. The maximum Gasteiger partial charge on any atom is 0.241 e. The Bertz CT molecular complexity index is 1410. The van der Waals surface area contributed by atoms with Crippen LogP contribution in [0.2, 0.25) is 6.04 Å². The van der Waals surface area contributed by atoms with Crippen LogP contribution in [0, 0.1) is 0 Å².